The van der Waals surface area contributed by atoms with Crippen molar-refractivity contribution in [2.45, 2.75) is 38.6 Å². The first-order chi connectivity index (χ1) is 11.3. The Hall–Kier alpha value is -1.18. The predicted octanol–water partition coefficient (Wildman–Crippen LogP) is 2.69. The Bertz CT molecular complexity index is 657. The second-order valence-corrected chi connectivity index (χ2v) is 9.09. The van der Waals surface area contributed by atoms with Gasteiger partial charge in [0.2, 0.25) is 0 Å². The lowest BCUT2D eigenvalue weighted by molar-refractivity contribution is 0.0757. The van der Waals surface area contributed by atoms with Gasteiger partial charge in [0.1, 0.15) is 0 Å². The first kappa shape index (κ1) is 19.1. The minimum absolute atomic E-state index is 0.103. The van der Waals surface area contributed by atoms with Gasteiger partial charge in [0.15, 0.2) is 14.9 Å². The van der Waals surface area contributed by atoms with Gasteiger partial charge in [-0.2, -0.15) is 0 Å². The number of anilines is 1. The summed E-state index contributed by atoms with van der Waals surface area (Å²) in [5.74, 6) is 0.389. The minimum Gasteiger partial charge on any atom is -0.332 e. The number of aryl methyl sites for hydroxylation is 1. The summed E-state index contributed by atoms with van der Waals surface area (Å²) in [4.78, 5) is 0. The number of unbranched alkanes of at least 4 members (excludes halogenated alkanes) is 1. The van der Waals surface area contributed by atoms with E-state index in [1.54, 1.807) is 0 Å². The fourth-order valence-electron chi connectivity index (χ4n) is 2.96. The molecule has 0 spiro atoms. The van der Waals surface area contributed by atoms with E-state index in [-0.39, 0.29) is 17.5 Å². The summed E-state index contributed by atoms with van der Waals surface area (Å²) in [6, 6.07) is 8.17. The van der Waals surface area contributed by atoms with Gasteiger partial charge in [-0.15, -0.1) is 0 Å². The van der Waals surface area contributed by atoms with Crippen LogP contribution >= 0.6 is 12.2 Å². The first-order valence-electron chi connectivity index (χ1n) is 8.39. The first-order valence-corrected chi connectivity index (χ1v) is 10.6. The molecule has 1 heterocycles. The molecular formula is C17H27N3O2S2. The maximum Gasteiger partial charge on any atom is 0.188 e. The van der Waals surface area contributed by atoms with E-state index in [2.05, 4.69) is 24.4 Å². The highest BCUT2D eigenvalue weighted by Gasteiger charge is 2.34. The van der Waals surface area contributed by atoms with Crippen LogP contribution in [0.5, 0.6) is 0 Å². The Morgan fingerprint density at radius 3 is 2.46 bits per heavy atom. The molecule has 1 atom stereocenters. The number of nitrogens with one attached hydrogen (secondary N) is 1. The highest BCUT2D eigenvalue weighted by atomic mass is 32.2. The lowest BCUT2D eigenvalue weighted by atomic mass is 10.1. The number of hydrogen-bond donors (Lipinski definition) is 1. The van der Waals surface area contributed by atoms with Crippen molar-refractivity contribution in [2.75, 3.05) is 30.9 Å². The van der Waals surface area contributed by atoms with Gasteiger partial charge in [0.25, 0.3) is 0 Å². The summed E-state index contributed by atoms with van der Waals surface area (Å²) in [6.07, 6.45) is 4.07. The highest BCUT2D eigenvalue weighted by Crippen LogP contribution is 2.20. The maximum absolute atomic E-state index is 11.8. The van der Waals surface area contributed by atoms with Crippen LogP contribution in [0.1, 0.15) is 31.7 Å². The zero-order valence-corrected chi connectivity index (χ0v) is 16.3. The van der Waals surface area contributed by atoms with E-state index < -0.39 is 9.84 Å². The molecule has 1 saturated heterocycles. The zero-order valence-electron chi connectivity index (χ0n) is 14.7. The second kappa shape index (κ2) is 8.27. The van der Waals surface area contributed by atoms with Gasteiger partial charge in [0.05, 0.1) is 17.5 Å². The van der Waals surface area contributed by atoms with Crippen molar-refractivity contribution >= 4 is 32.9 Å². The van der Waals surface area contributed by atoms with Crippen molar-refractivity contribution in [1.82, 2.24) is 10.0 Å². The van der Waals surface area contributed by atoms with Gasteiger partial charge < -0.3 is 5.32 Å². The van der Waals surface area contributed by atoms with E-state index in [1.165, 1.54) is 18.4 Å². The van der Waals surface area contributed by atoms with Crippen LogP contribution < -0.4 is 5.32 Å². The molecule has 2 rings (SSSR count). The molecule has 1 N–H and O–H groups in total. The quantitative estimate of drug-likeness (QED) is 0.615. The number of hydrogen-bond acceptors (Lipinski definition) is 4. The molecule has 0 unspecified atom stereocenters. The molecule has 7 heteroatoms. The van der Waals surface area contributed by atoms with Crippen molar-refractivity contribution in [3.05, 3.63) is 29.8 Å². The van der Waals surface area contributed by atoms with Crippen molar-refractivity contribution in [2.24, 2.45) is 0 Å². The molecular weight excluding hydrogens is 342 g/mol. The van der Waals surface area contributed by atoms with Crippen LogP contribution in [0.15, 0.2) is 24.3 Å². The van der Waals surface area contributed by atoms with Gasteiger partial charge in [-0.05, 0) is 49.2 Å². The Morgan fingerprint density at radius 1 is 1.29 bits per heavy atom. The Balaban J connectivity index is 2.03. The van der Waals surface area contributed by atoms with Crippen LogP contribution in [0.4, 0.5) is 5.69 Å². The molecule has 0 aliphatic carbocycles. The molecule has 1 aromatic carbocycles. The minimum atomic E-state index is -2.95. The van der Waals surface area contributed by atoms with E-state index in [0.29, 0.717) is 11.5 Å². The molecule has 5 nitrogen and oxygen atoms in total. The maximum atomic E-state index is 11.8. The molecule has 1 fully saturated rings. The number of thiocarbonyl (C=S) groups is 1. The predicted molar refractivity (Wildman–Crippen MR) is 104 cm³/mol. The van der Waals surface area contributed by atoms with Crippen LogP contribution in [0.3, 0.4) is 0 Å². The largest absolute Gasteiger partial charge is 0.332 e. The topological polar surface area (TPSA) is 52.7 Å². The monoisotopic (exact) mass is 369 g/mol. The summed E-state index contributed by atoms with van der Waals surface area (Å²) in [5.41, 5.74) is 2.24. The van der Waals surface area contributed by atoms with Crippen LogP contribution in [0.25, 0.3) is 0 Å². The van der Waals surface area contributed by atoms with Crippen molar-refractivity contribution in [1.29, 1.82) is 0 Å². The summed E-state index contributed by atoms with van der Waals surface area (Å²) in [6.45, 7) is 2.19. The van der Waals surface area contributed by atoms with Gasteiger partial charge in [0, 0.05) is 19.8 Å². The van der Waals surface area contributed by atoms with Crippen molar-refractivity contribution in [3.63, 3.8) is 0 Å². The summed E-state index contributed by atoms with van der Waals surface area (Å²) < 4.78 is 23.5. The average Bonchev–Trinajstić information content (AvgIpc) is 2.86. The third kappa shape index (κ3) is 5.16. The lowest BCUT2D eigenvalue weighted by Crippen LogP contribution is -2.51. The third-order valence-corrected chi connectivity index (χ3v) is 6.26. The Morgan fingerprint density at radius 2 is 1.96 bits per heavy atom. The number of nitrogens with zero attached hydrogens (tertiary/aromatic N) is 2. The van der Waals surface area contributed by atoms with Crippen LogP contribution in [-0.2, 0) is 16.3 Å². The van der Waals surface area contributed by atoms with Gasteiger partial charge in [-0.3, -0.25) is 5.01 Å². The smallest absolute Gasteiger partial charge is 0.188 e. The molecule has 134 valence electrons. The number of benzene rings is 1. The fraction of sp³-hybridized carbons (Fsp3) is 0.588. The highest BCUT2D eigenvalue weighted by molar-refractivity contribution is 7.91. The number of hydrazine groups is 1. The molecule has 0 saturated carbocycles. The van der Waals surface area contributed by atoms with E-state index in [0.717, 1.165) is 12.1 Å². The van der Waals surface area contributed by atoms with Crippen LogP contribution in [-0.4, -0.2) is 55.2 Å². The molecule has 1 aliphatic heterocycles. The average molecular weight is 370 g/mol. The van der Waals surface area contributed by atoms with Gasteiger partial charge in [-0.1, -0.05) is 25.5 Å². The van der Waals surface area contributed by atoms with Crippen LogP contribution in [0.2, 0.25) is 0 Å². The normalized spacial score (nSPS) is 19.4. The molecule has 0 bridgehead atoms. The van der Waals surface area contributed by atoms with E-state index in [4.69, 9.17) is 12.2 Å². The van der Waals surface area contributed by atoms with Crippen molar-refractivity contribution < 1.29 is 8.42 Å². The zero-order chi connectivity index (χ0) is 17.7. The van der Waals surface area contributed by atoms with E-state index >= 15 is 0 Å². The second-order valence-electron chi connectivity index (χ2n) is 6.48. The summed E-state index contributed by atoms with van der Waals surface area (Å²) in [5, 5.41) is 7.49. The number of rotatable bonds is 6. The lowest BCUT2D eigenvalue weighted by Gasteiger charge is -2.36. The van der Waals surface area contributed by atoms with Crippen LogP contribution in [0, 0.1) is 0 Å². The molecule has 1 aliphatic rings. The fourth-order valence-corrected chi connectivity index (χ4v) is 5.08. The molecule has 0 aromatic heterocycles. The van der Waals surface area contributed by atoms with Gasteiger partial charge >= 0.3 is 0 Å². The third-order valence-electron chi connectivity index (χ3n) is 4.22. The van der Waals surface area contributed by atoms with Crippen molar-refractivity contribution in [3.8, 4) is 0 Å². The molecule has 0 radical (unpaired) electrons. The SMILES string of the molecule is CCCCc1ccc(NC(=S)N([C@@H]2CCS(=O)(=O)C2)N(C)C)cc1. The molecule has 0 amide bonds. The standard InChI is InChI=1S/C17H27N3O2S2/c1-4-5-6-14-7-9-15(10-8-14)18-17(23)20(19(2)3)16-11-12-24(21,22)13-16/h7-10,16H,4-6,11-13H2,1-3H3,(H,18,23)/t16-/m1/s1. The Kier molecular flexibility index (Phi) is 6.60. The Labute approximate surface area is 150 Å². The number of sulfone groups is 1. The molecule has 24 heavy (non-hydrogen) atoms. The summed E-state index contributed by atoms with van der Waals surface area (Å²) in [7, 11) is 0.813. The molecule has 1 aromatic rings. The van der Waals surface area contributed by atoms with Gasteiger partial charge in [-0.25, -0.2) is 13.4 Å². The summed E-state index contributed by atoms with van der Waals surface area (Å²) >= 11 is 5.53. The van der Waals surface area contributed by atoms with E-state index in [1.807, 2.05) is 36.2 Å². The van der Waals surface area contributed by atoms with E-state index in [9.17, 15) is 8.42 Å².